The van der Waals surface area contributed by atoms with Gasteiger partial charge >= 0.3 is 5.97 Å². The minimum Gasteiger partial charge on any atom is -0.463 e. The van der Waals surface area contributed by atoms with Crippen LogP contribution in [0.2, 0.25) is 0 Å². The summed E-state index contributed by atoms with van der Waals surface area (Å²) in [6.07, 6.45) is 2.79. The van der Waals surface area contributed by atoms with Crippen LogP contribution in [0, 0.1) is 0 Å². The van der Waals surface area contributed by atoms with Gasteiger partial charge in [0.05, 0.1) is 7.11 Å². The maximum absolute atomic E-state index is 10.9. The van der Waals surface area contributed by atoms with Crippen molar-refractivity contribution in [3.8, 4) is 0 Å². The van der Waals surface area contributed by atoms with Crippen molar-refractivity contribution < 1.29 is 14.3 Å². The van der Waals surface area contributed by atoms with Gasteiger partial charge in [-0.15, -0.1) is 11.3 Å². The van der Waals surface area contributed by atoms with E-state index >= 15 is 0 Å². The van der Waals surface area contributed by atoms with E-state index in [1.807, 2.05) is 17.5 Å². The highest BCUT2D eigenvalue weighted by molar-refractivity contribution is 7.10. The molecule has 0 aromatic carbocycles. The van der Waals surface area contributed by atoms with Crippen molar-refractivity contribution in [1.29, 1.82) is 0 Å². The Morgan fingerprint density at radius 2 is 2.31 bits per heavy atom. The minimum atomic E-state index is -0.840. The van der Waals surface area contributed by atoms with E-state index in [-0.39, 0.29) is 0 Å². The Morgan fingerprint density at radius 1 is 1.54 bits per heavy atom. The fraction of sp³-hybridized carbons (Fsp3) is 0.111. The van der Waals surface area contributed by atoms with E-state index in [9.17, 15) is 9.59 Å². The zero-order valence-corrected chi connectivity index (χ0v) is 7.84. The SMILES string of the molecule is COC(=O)C(=O)/C=C/c1cccs1. The zero-order valence-electron chi connectivity index (χ0n) is 7.02. The number of carbonyl (C=O) groups is 2. The van der Waals surface area contributed by atoms with Gasteiger partial charge in [0.15, 0.2) is 0 Å². The van der Waals surface area contributed by atoms with Gasteiger partial charge in [-0.05, 0) is 23.6 Å². The Balaban J connectivity index is 2.59. The molecule has 1 aromatic rings. The zero-order chi connectivity index (χ0) is 9.68. The molecule has 3 nitrogen and oxygen atoms in total. The molecule has 0 bridgehead atoms. The molecule has 0 aliphatic rings. The number of ketones is 1. The van der Waals surface area contributed by atoms with Crippen LogP contribution in [0.3, 0.4) is 0 Å². The van der Waals surface area contributed by atoms with Crippen LogP contribution in [0.25, 0.3) is 6.08 Å². The Kier molecular flexibility index (Phi) is 3.40. The first-order chi connectivity index (χ1) is 6.24. The van der Waals surface area contributed by atoms with Gasteiger partial charge in [-0.1, -0.05) is 6.07 Å². The molecule has 0 N–H and O–H groups in total. The average molecular weight is 196 g/mol. The Bertz CT molecular complexity index is 325. The fourth-order valence-corrected chi connectivity index (χ4v) is 1.33. The highest BCUT2D eigenvalue weighted by Crippen LogP contribution is 2.09. The molecule has 0 amide bonds. The molecule has 0 spiro atoms. The summed E-state index contributed by atoms with van der Waals surface area (Å²) < 4.78 is 4.25. The van der Waals surface area contributed by atoms with Gasteiger partial charge in [-0.25, -0.2) is 4.79 Å². The number of thiophene rings is 1. The lowest BCUT2D eigenvalue weighted by molar-refractivity contribution is -0.149. The van der Waals surface area contributed by atoms with E-state index < -0.39 is 11.8 Å². The Hall–Kier alpha value is -1.42. The van der Waals surface area contributed by atoms with Crippen molar-refractivity contribution >= 4 is 29.2 Å². The van der Waals surface area contributed by atoms with E-state index in [2.05, 4.69) is 4.74 Å². The highest BCUT2D eigenvalue weighted by atomic mass is 32.1. The van der Waals surface area contributed by atoms with Gasteiger partial charge in [-0.2, -0.15) is 0 Å². The second-order valence-electron chi connectivity index (χ2n) is 2.20. The van der Waals surface area contributed by atoms with Crippen LogP contribution in [0.5, 0.6) is 0 Å². The summed E-state index contributed by atoms with van der Waals surface area (Å²) >= 11 is 1.49. The summed E-state index contributed by atoms with van der Waals surface area (Å²) in [7, 11) is 1.18. The molecule has 0 fully saturated rings. The molecule has 68 valence electrons. The third-order valence-electron chi connectivity index (χ3n) is 1.33. The fourth-order valence-electron chi connectivity index (χ4n) is 0.713. The maximum Gasteiger partial charge on any atom is 0.378 e. The summed E-state index contributed by atoms with van der Waals surface area (Å²) in [6, 6.07) is 3.72. The molecule has 0 aliphatic carbocycles. The molecule has 0 atom stereocenters. The Labute approximate surface area is 79.6 Å². The Morgan fingerprint density at radius 3 is 2.85 bits per heavy atom. The largest absolute Gasteiger partial charge is 0.463 e. The van der Waals surface area contributed by atoms with Gasteiger partial charge in [-0.3, -0.25) is 4.79 Å². The molecule has 0 saturated heterocycles. The van der Waals surface area contributed by atoms with Gasteiger partial charge in [0, 0.05) is 4.88 Å². The van der Waals surface area contributed by atoms with Crippen molar-refractivity contribution in [2.24, 2.45) is 0 Å². The summed E-state index contributed by atoms with van der Waals surface area (Å²) in [5.74, 6) is -1.48. The topological polar surface area (TPSA) is 43.4 Å². The van der Waals surface area contributed by atoms with Crippen molar-refractivity contribution in [1.82, 2.24) is 0 Å². The third-order valence-corrected chi connectivity index (χ3v) is 2.17. The van der Waals surface area contributed by atoms with Gasteiger partial charge in [0.1, 0.15) is 0 Å². The molecule has 0 aliphatic heterocycles. The van der Waals surface area contributed by atoms with Crippen LogP contribution in [-0.4, -0.2) is 18.9 Å². The van der Waals surface area contributed by atoms with Crippen molar-refractivity contribution in [2.45, 2.75) is 0 Å². The number of rotatable bonds is 3. The van der Waals surface area contributed by atoms with Gasteiger partial charge in [0.25, 0.3) is 5.78 Å². The van der Waals surface area contributed by atoms with Crippen LogP contribution in [-0.2, 0) is 14.3 Å². The summed E-state index contributed by atoms with van der Waals surface area (Å²) in [5, 5.41) is 1.89. The number of hydrogen-bond donors (Lipinski definition) is 0. The number of ether oxygens (including phenoxy) is 1. The number of methoxy groups -OCH3 is 1. The first kappa shape index (κ1) is 9.67. The minimum absolute atomic E-state index is 0.643. The molecule has 4 heteroatoms. The molecule has 0 radical (unpaired) electrons. The van der Waals surface area contributed by atoms with Crippen molar-refractivity contribution in [3.05, 3.63) is 28.5 Å². The second-order valence-corrected chi connectivity index (χ2v) is 3.18. The standard InChI is InChI=1S/C9H8O3S/c1-12-9(11)8(10)5-4-7-3-2-6-13-7/h2-6H,1H3/b5-4+. The van der Waals surface area contributed by atoms with E-state index in [1.54, 1.807) is 6.08 Å². The van der Waals surface area contributed by atoms with Crippen molar-refractivity contribution in [3.63, 3.8) is 0 Å². The maximum atomic E-state index is 10.9. The van der Waals surface area contributed by atoms with E-state index in [4.69, 9.17) is 0 Å². The van der Waals surface area contributed by atoms with Crippen LogP contribution < -0.4 is 0 Å². The van der Waals surface area contributed by atoms with E-state index in [0.717, 1.165) is 4.88 Å². The lowest BCUT2D eigenvalue weighted by Gasteiger charge is -1.90. The molecular formula is C9H8O3S. The lowest BCUT2D eigenvalue weighted by atomic mass is 10.3. The number of carbonyl (C=O) groups excluding carboxylic acids is 2. The highest BCUT2D eigenvalue weighted by Gasteiger charge is 2.08. The normalized spacial score (nSPS) is 10.2. The van der Waals surface area contributed by atoms with Crippen LogP contribution in [0.15, 0.2) is 23.6 Å². The molecule has 1 aromatic heterocycles. The lowest BCUT2D eigenvalue weighted by Crippen LogP contribution is -2.11. The predicted octanol–water partition coefficient (Wildman–Crippen LogP) is 1.50. The molecular weight excluding hydrogens is 188 g/mol. The van der Waals surface area contributed by atoms with Crippen LogP contribution >= 0.6 is 11.3 Å². The smallest absolute Gasteiger partial charge is 0.378 e. The molecule has 1 heterocycles. The van der Waals surface area contributed by atoms with Crippen LogP contribution in [0.1, 0.15) is 4.88 Å². The summed E-state index contributed by atoms with van der Waals surface area (Å²) in [6.45, 7) is 0. The van der Waals surface area contributed by atoms with Crippen LogP contribution in [0.4, 0.5) is 0 Å². The molecule has 1 rings (SSSR count). The van der Waals surface area contributed by atoms with Gasteiger partial charge < -0.3 is 4.74 Å². The van der Waals surface area contributed by atoms with E-state index in [1.165, 1.54) is 24.5 Å². The first-order valence-electron chi connectivity index (χ1n) is 3.58. The second kappa shape index (κ2) is 4.57. The van der Waals surface area contributed by atoms with E-state index in [0.29, 0.717) is 0 Å². The van der Waals surface area contributed by atoms with Crippen molar-refractivity contribution in [2.75, 3.05) is 7.11 Å². The predicted molar refractivity (Wildman–Crippen MR) is 50.4 cm³/mol. The average Bonchev–Trinajstić information content (AvgIpc) is 2.65. The first-order valence-corrected chi connectivity index (χ1v) is 4.46. The number of hydrogen-bond acceptors (Lipinski definition) is 4. The molecule has 0 saturated carbocycles. The van der Waals surface area contributed by atoms with Gasteiger partial charge in [0.2, 0.25) is 0 Å². The number of esters is 1. The quantitative estimate of drug-likeness (QED) is 0.418. The monoisotopic (exact) mass is 196 g/mol. The molecule has 13 heavy (non-hydrogen) atoms. The summed E-state index contributed by atoms with van der Waals surface area (Å²) in [4.78, 5) is 22.5. The summed E-state index contributed by atoms with van der Waals surface area (Å²) in [5.41, 5.74) is 0. The third kappa shape index (κ3) is 2.83. The molecule has 0 unspecified atom stereocenters.